The molecule has 1 heterocycles. The summed E-state index contributed by atoms with van der Waals surface area (Å²) in [6.07, 6.45) is 0. The Bertz CT molecular complexity index is 607. The smallest absolute Gasteiger partial charge is 0.353 e. The second kappa shape index (κ2) is 4.92. The van der Waals surface area contributed by atoms with Crippen molar-refractivity contribution in [2.24, 2.45) is 0 Å². The molecule has 18 heavy (non-hydrogen) atoms. The number of hydrogen-bond donors (Lipinski definition) is 1. The summed E-state index contributed by atoms with van der Waals surface area (Å²) in [5, 5.41) is 9.46. The van der Waals surface area contributed by atoms with Gasteiger partial charge in [-0.3, -0.25) is 0 Å². The van der Waals surface area contributed by atoms with Crippen molar-refractivity contribution in [1.82, 2.24) is 4.09 Å². The zero-order valence-corrected chi connectivity index (χ0v) is 10.9. The molecule has 0 bridgehead atoms. The quantitative estimate of drug-likeness (QED) is 0.939. The van der Waals surface area contributed by atoms with Crippen LogP contribution >= 0.6 is 23.4 Å². The third-order valence-electron chi connectivity index (χ3n) is 2.48. The Balaban J connectivity index is 2.61. The number of rotatable bonds is 3. The lowest BCUT2D eigenvalue weighted by Gasteiger charge is -2.09. The van der Waals surface area contributed by atoms with E-state index in [4.69, 9.17) is 33.2 Å². The molecule has 0 aliphatic rings. The van der Waals surface area contributed by atoms with Crippen LogP contribution in [0.3, 0.4) is 0 Å². The minimum Gasteiger partial charge on any atom is -0.496 e. The molecular formula is C12H9Cl2NO3. The van der Waals surface area contributed by atoms with Gasteiger partial charge in [-0.2, -0.15) is 0 Å². The van der Waals surface area contributed by atoms with Gasteiger partial charge in [-0.15, -0.1) is 0 Å². The lowest BCUT2D eigenvalue weighted by atomic mass is 10.1. The standard InChI is InChI=1S/C12H9Cl2NO3/c1-18-11-5-2-7(13)6-8(11)9-3-4-10(12(16)17)15(9)14/h2-6H,1H3,(H,16,17). The van der Waals surface area contributed by atoms with E-state index in [0.717, 1.165) is 4.09 Å². The largest absolute Gasteiger partial charge is 0.496 e. The number of ether oxygens (including phenoxy) is 1. The summed E-state index contributed by atoms with van der Waals surface area (Å²) < 4.78 is 6.27. The number of halogens is 2. The summed E-state index contributed by atoms with van der Waals surface area (Å²) in [5.74, 6) is -0.534. The Kier molecular flexibility index (Phi) is 3.50. The van der Waals surface area contributed by atoms with Gasteiger partial charge >= 0.3 is 5.97 Å². The van der Waals surface area contributed by atoms with Gasteiger partial charge in [-0.25, -0.2) is 8.88 Å². The molecule has 0 fully saturated rings. The van der Waals surface area contributed by atoms with Crippen molar-refractivity contribution >= 4 is 29.3 Å². The first kappa shape index (κ1) is 12.8. The first-order chi connectivity index (χ1) is 8.54. The Morgan fingerprint density at radius 2 is 2.06 bits per heavy atom. The molecule has 0 atom stereocenters. The van der Waals surface area contributed by atoms with E-state index >= 15 is 0 Å². The second-order valence-corrected chi connectivity index (χ2v) is 4.31. The maximum Gasteiger partial charge on any atom is 0.353 e. The van der Waals surface area contributed by atoms with E-state index < -0.39 is 5.97 Å². The van der Waals surface area contributed by atoms with E-state index in [9.17, 15) is 4.79 Å². The normalized spacial score (nSPS) is 10.4. The Morgan fingerprint density at radius 3 is 2.61 bits per heavy atom. The summed E-state index contributed by atoms with van der Waals surface area (Å²) in [7, 11) is 1.52. The molecule has 0 aliphatic carbocycles. The molecule has 2 aromatic rings. The molecule has 1 N–H and O–H groups in total. The lowest BCUT2D eigenvalue weighted by Crippen LogP contribution is -2.01. The average molecular weight is 286 g/mol. The predicted octanol–water partition coefficient (Wildman–Crippen LogP) is 3.52. The minimum absolute atomic E-state index is 0.0197. The molecule has 0 saturated carbocycles. The highest BCUT2D eigenvalue weighted by Crippen LogP contribution is 2.34. The van der Waals surface area contributed by atoms with Crippen LogP contribution in [0, 0.1) is 0 Å². The fourth-order valence-electron chi connectivity index (χ4n) is 1.65. The van der Waals surface area contributed by atoms with Crippen LogP contribution in [0.15, 0.2) is 30.3 Å². The molecule has 0 unspecified atom stereocenters. The van der Waals surface area contributed by atoms with Crippen molar-refractivity contribution in [3.63, 3.8) is 0 Å². The molecule has 0 radical (unpaired) electrons. The zero-order chi connectivity index (χ0) is 13.3. The van der Waals surface area contributed by atoms with Gasteiger partial charge < -0.3 is 9.84 Å². The van der Waals surface area contributed by atoms with E-state index in [1.54, 1.807) is 24.3 Å². The van der Waals surface area contributed by atoms with Crippen LogP contribution in [0.4, 0.5) is 0 Å². The van der Waals surface area contributed by atoms with Crippen molar-refractivity contribution < 1.29 is 14.6 Å². The van der Waals surface area contributed by atoms with Gasteiger partial charge in [0.25, 0.3) is 0 Å². The van der Waals surface area contributed by atoms with Gasteiger partial charge in [-0.05, 0) is 30.3 Å². The number of carboxylic acids is 1. The maximum absolute atomic E-state index is 10.9. The van der Waals surface area contributed by atoms with E-state index in [0.29, 0.717) is 22.0 Å². The summed E-state index contributed by atoms with van der Waals surface area (Å²) in [4.78, 5) is 10.9. The maximum atomic E-state index is 10.9. The van der Waals surface area contributed by atoms with Crippen LogP contribution in [0.25, 0.3) is 11.3 Å². The Morgan fingerprint density at radius 1 is 1.33 bits per heavy atom. The number of hydrogen-bond acceptors (Lipinski definition) is 2. The first-order valence-corrected chi connectivity index (χ1v) is 5.71. The van der Waals surface area contributed by atoms with Crippen molar-refractivity contribution in [3.8, 4) is 17.0 Å². The molecule has 0 amide bonds. The van der Waals surface area contributed by atoms with Gasteiger partial charge in [-0.1, -0.05) is 11.6 Å². The number of methoxy groups -OCH3 is 1. The second-order valence-electron chi connectivity index (χ2n) is 3.53. The van der Waals surface area contributed by atoms with Crippen molar-refractivity contribution in [2.45, 2.75) is 0 Å². The monoisotopic (exact) mass is 285 g/mol. The molecule has 4 nitrogen and oxygen atoms in total. The highest BCUT2D eigenvalue weighted by Gasteiger charge is 2.16. The third kappa shape index (κ3) is 2.17. The predicted molar refractivity (Wildman–Crippen MR) is 69.6 cm³/mol. The van der Waals surface area contributed by atoms with Gasteiger partial charge in [0.15, 0.2) is 0 Å². The fraction of sp³-hybridized carbons (Fsp3) is 0.0833. The van der Waals surface area contributed by atoms with Crippen LogP contribution in [-0.4, -0.2) is 22.3 Å². The van der Waals surface area contributed by atoms with Crippen molar-refractivity contribution in [1.29, 1.82) is 0 Å². The van der Waals surface area contributed by atoms with Gasteiger partial charge in [0, 0.05) is 22.4 Å². The molecule has 0 spiro atoms. The fourth-order valence-corrected chi connectivity index (χ4v) is 2.10. The highest BCUT2D eigenvalue weighted by molar-refractivity contribution is 6.31. The highest BCUT2D eigenvalue weighted by atomic mass is 35.5. The number of aromatic carboxylic acids is 1. The van der Waals surface area contributed by atoms with Gasteiger partial charge in [0.1, 0.15) is 11.4 Å². The Labute approximate surface area is 113 Å². The van der Waals surface area contributed by atoms with Crippen LogP contribution in [0.2, 0.25) is 5.02 Å². The molecule has 94 valence electrons. The van der Waals surface area contributed by atoms with Gasteiger partial charge in [0.2, 0.25) is 0 Å². The molecule has 0 aliphatic heterocycles. The zero-order valence-electron chi connectivity index (χ0n) is 9.35. The summed E-state index contributed by atoms with van der Waals surface area (Å²) in [6.45, 7) is 0. The minimum atomic E-state index is -1.10. The Hall–Kier alpha value is -1.65. The van der Waals surface area contributed by atoms with E-state index in [-0.39, 0.29) is 5.69 Å². The first-order valence-electron chi connectivity index (χ1n) is 4.99. The van der Waals surface area contributed by atoms with E-state index in [2.05, 4.69) is 0 Å². The van der Waals surface area contributed by atoms with Crippen LogP contribution in [-0.2, 0) is 0 Å². The number of aromatic nitrogens is 1. The topological polar surface area (TPSA) is 51.5 Å². The third-order valence-corrected chi connectivity index (χ3v) is 3.08. The SMILES string of the molecule is COc1ccc(Cl)cc1-c1ccc(C(=O)O)n1Cl. The van der Waals surface area contributed by atoms with E-state index in [1.807, 2.05) is 0 Å². The van der Waals surface area contributed by atoms with Crippen molar-refractivity contribution in [3.05, 3.63) is 41.0 Å². The molecule has 1 aromatic carbocycles. The lowest BCUT2D eigenvalue weighted by molar-refractivity contribution is 0.0690. The molecular weight excluding hydrogens is 277 g/mol. The number of carboxylic acid groups (broad SMARTS) is 1. The molecule has 1 aromatic heterocycles. The van der Waals surface area contributed by atoms with Crippen LogP contribution in [0.1, 0.15) is 10.5 Å². The number of carbonyl (C=O) groups is 1. The average Bonchev–Trinajstić information content (AvgIpc) is 2.71. The summed E-state index contributed by atoms with van der Waals surface area (Å²) in [6, 6.07) is 8.07. The molecule has 2 rings (SSSR count). The van der Waals surface area contributed by atoms with Crippen LogP contribution < -0.4 is 4.74 Å². The summed E-state index contributed by atoms with van der Waals surface area (Å²) in [5.41, 5.74) is 1.12. The van der Waals surface area contributed by atoms with Gasteiger partial charge in [0.05, 0.1) is 12.8 Å². The van der Waals surface area contributed by atoms with E-state index in [1.165, 1.54) is 13.2 Å². The molecule has 0 saturated heterocycles. The molecule has 6 heteroatoms. The number of nitrogens with zero attached hydrogens (tertiary/aromatic N) is 1. The van der Waals surface area contributed by atoms with Crippen molar-refractivity contribution in [2.75, 3.05) is 7.11 Å². The summed E-state index contributed by atoms with van der Waals surface area (Å²) >= 11 is 11.9. The number of benzene rings is 1. The van der Waals surface area contributed by atoms with Crippen LogP contribution in [0.5, 0.6) is 5.75 Å².